The predicted octanol–water partition coefficient (Wildman–Crippen LogP) is 4.84. The summed E-state index contributed by atoms with van der Waals surface area (Å²) in [6, 6.07) is 8.29. The van der Waals surface area contributed by atoms with Gasteiger partial charge in [0.15, 0.2) is 5.78 Å². The number of halogens is 1. The van der Waals surface area contributed by atoms with Crippen LogP contribution in [0.4, 0.5) is 0 Å². The minimum absolute atomic E-state index is 0.0457. The zero-order valence-corrected chi connectivity index (χ0v) is 14.1. The molecule has 0 saturated heterocycles. The summed E-state index contributed by atoms with van der Waals surface area (Å²) < 4.78 is 1.09. The first kappa shape index (κ1) is 15.5. The molecule has 0 atom stereocenters. The summed E-state index contributed by atoms with van der Waals surface area (Å²) in [4.78, 5) is 13.8. The van der Waals surface area contributed by atoms with Gasteiger partial charge in [0.1, 0.15) is 0 Å². The number of ketones is 1. The van der Waals surface area contributed by atoms with Gasteiger partial charge in [-0.3, -0.25) is 4.79 Å². The minimum Gasteiger partial charge on any atom is -0.350 e. The molecule has 23 heavy (non-hydrogen) atoms. The molecule has 1 aromatic rings. The Balaban J connectivity index is 1.65. The van der Waals surface area contributed by atoms with Gasteiger partial charge in [-0.25, -0.2) is 0 Å². The third-order valence-electron chi connectivity index (χ3n) is 3.55. The molecule has 3 heteroatoms. The summed E-state index contributed by atoms with van der Waals surface area (Å²) in [5.74, 6) is 0.0457. The maximum Gasteiger partial charge on any atom is 0.185 e. The van der Waals surface area contributed by atoms with Crippen molar-refractivity contribution in [3.8, 4) is 0 Å². The quantitative estimate of drug-likeness (QED) is 0.714. The van der Waals surface area contributed by atoms with E-state index in [0.717, 1.165) is 16.6 Å². The molecule has 1 aliphatic carbocycles. The van der Waals surface area contributed by atoms with Crippen LogP contribution in [-0.2, 0) is 11.3 Å². The van der Waals surface area contributed by atoms with Crippen molar-refractivity contribution >= 4 is 21.7 Å². The predicted molar refractivity (Wildman–Crippen MR) is 97.4 cm³/mol. The highest BCUT2D eigenvalue weighted by Gasteiger charge is 2.05. The smallest absolute Gasteiger partial charge is 0.185 e. The second kappa shape index (κ2) is 7.25. The number of allylic oxidation sites excluding steroid dienone is 10. The monoisotopic (exact) mass is 365 g/mol. The van der Waals surface area contributed by atoms with E-state index in [0.29, 0.717) is 5.57 Å². The summed E-state index contributed by atoms with van der Waals surface area (Å²) >= 11 is 3.49. The average Bonchev–Trinajstić information content (AvgIpc) is 2.56. The Bertz CT molecular complexity index is 778. The zero-order valence-electron chi connectivity index (χ0n) is 12.5. The SMILES string of the molecule is O=C1C=CC=CC1=CC=C1C=CN(Cc2cccc(Br)c2)C=C1. The van der Waals surface area contributed by atoms with Crippen molar-refractivity contribution in [3.63, 3.8) is 0 Å². The lowest BCUT2D eigenvalue weighted by Gasteiger charge is -2.19. The highest BCUT2D eigenvalue weighted by molar-refractivity contribution is 9.10. The third-order valence-corrected chi connectivity index (χ3v) is 4.04. The fourth-order valence-corrected chi connectivity index (χ4v) is 2.78. The molecule has 1 aromatic carbocycles. The Kier molecular flexibility index (Phi) is 4.89. The Morgan fingerprint density at radius 3 is 2.52 bits per heavy atom. The van der Waals surface area contributed by atoms with Gasteiger partial charge in [-0.15, -0.1) is 0 Å². The highest BCUT2D eigenvalue weighted by atomic mass is 79.9. The maximum atomic E-state index is 11.7. The van der Waals surface area contributed by atoms with E-state index in [1.165, 1.54) is 5.56 Å². The first-order valence-corrected chi connectivity index (χ1v) is 8.18. The van der Waals surface area contributed by atoms with Crippen molar-refractivity contribution in [2.75, 3.05) is 0 Å². The van der Waals surface area contributed by atoms with Crippen molar-refractivity contribution in [3.05, 3.63) is 106 Å². The maximum absolute atomic E-state index is 11.7. The molecule has 0 amide bonds. The molecule has 0 unspecified atom stereocenters. The normalized spacial score (nSPS) is 18.1. The largest absolute Gasteiger partial charge is 0.350 e. The van der Waals surface area contributed by atoms with Crippen LogP contribution in [0, 0.1) is 0 Å². The van der Waals surface area contributed by atoms with Gasteiger partial charge in [-0.2, -0.15) is 0 Å². The van der Waals surface area contributed by atoms with Crippen LogP contribution in [0.5, 0.6) is 0 Å². The van der Waals surface area contributed by atoms with Crippen molar-refractivity contribution in [2.24, 2.45) is 0 Å². The molecule has 2 nitrogen and oxygen atoms in total. The van der Waals surface area contributed by atoms with E-state index in [4.69, 9.17) is 0 Å². The molecule has 2 aliphatic rings. The van der Waals surface area contributed by atoms with Crippen LogP contribution in [-0.4, -0.2) is 10.7 Å². The Labute approximate surface area is 144 Å². The lowest BCUT2D eigenvalue weighted by molar-refractivity contribution is -0.111. The van der Waals surface area contributed by atoms with E-state index in [1.807, 2.05) is 61.0 Å². The Morgan fingerprint density at radius 1 is 1.00 bits per heavy atom. The number of benzene rings is 1. The van der Waals surface area contributed by atoms with Crippen LogP contribution < -0.4 is 0 Å². The number of hydrogen-bond donors (Lipinski definition) is 0. The second-order valence-electron chi connectivity index (χ2n) is 5.30. The number of carbonyl (C=O) groups is 1. The summed E-state index contributed by atoms with van der Waals surface area (Å²) in [7, 11) is 0. The van der Waals surface area contributed by atoms with Crippen molar-refractivity contribution in [1.82, 2.24) is 4.90 Å². The molecule has 0 aromatic heterocycles. The number of carbonyl (C=O) groups excluding carboxylic acids is 1. The summed E-state index contributed by atoms with van der Waals surface area (Å²) in [5, 5.41) is 0. The van der Waals surface area contributed by atoms with Crippen LogP contribution in [0.15, 0.2) is 101 Å². The van der Waals surface area contributed by atoms with Gasteiger partial charge in [0.05, 0.1) is 0 Å². The molecule has 0 bridgehead atoms. The van der Waals surface area contributed by atoms with Crippen LogP contribution >= 0.6 is 15.9 Å². The van der Waals surface area contributed by atoms with Crippen molar-refractivity contribution in [1.29, 1.82) is 0 Å². The van der Waals surface area contributed by atoms with Crippen molar-refractivity contribution in [2.45, 2.75) is 6.54 Å². The fourth-order valence-electron chi connectivity index (χ4n) is 2.34. The average molecular weight is 366 g/mol. The molecule has 114 valence electrons. The van der Waals surface area contributed by atoms with E-state index >= 15 is 0 Å². The standard InChI is InChI=1S/C20H16BrNO/c21-19-6-3-4-17(14-19)15-22-12-10-16(11-13-22)8-9-18-5-1-2-7-20(18)23/h1-14H,15H2. The van der Waals surface area contributed by atoms with Gasteiger partial charge in [-0.1, -0.05) is 58.4 Å². The van der Waals surface area contributed by atoms with Gasteiger partial charge in [0, 0.05) is 29.0 Å². The highest BCUT2D eigenvalue weighted by Crippen LogP contribution is 2.17. The van der Waals surface area contributed by atoms with Gasteiger partial charge in [0.25, 0.3) is 0 Å². The van der Waals surface area contributed by atoms with E-state index in [-0.39, 0.29) is 5.78 Å². The van der Waals surface area contributed by atoms with Crippen molar-refractivity contribution < 1.29 is 4.79 Å². The molecule has 0 radical (unpaired) electrons. The van der Waals surface area contributed by atoms with Crippen LogP contribution in [0.2, 0.25) is 0 Å². The van der Waals surface area contributed by atoms with Crippen LogP contribution in [0.25, 0.3) is 0 Å². The van der Waals surface area contributed by atoms with E-state index in [1.54, 1.807) is 12.2 Å². The topological polar surface area (TPSA) is 20.3 Å². The number of rotatable bonds is 3. The second-order valence-corrected chi connectivity index (χ2v) is 6.22. The van der Waals surface area contributed by atoms with E-state index < -0.39 is 0 Å². The molecule has 1 aliphatic heterocycles. The van der Waals surface area contributed by atoms with E-state index in [9.17, 15) is 4.79 Å². The fraction of sp³-hybridized carbons (Fsp3) is 0.0500. The Hall–Kier alpha value is -2.39. The molecular weight excluding hydrogens is 350 g/mol. The first-order chi connectivity index (χ1) is 11.2. The Morgan fingerprint density at radius 2 is 1.78 bits per heavy atom. The zero-order chi connectivity index (χ0) is 16.1. The molecule has 1 heterocycles. The molecule has 0 saturated carbocycles. The lowest BCUT2D eigenvalue weighted by atomic mass is 10.0. The van der Waals surface area contributed by atoms with Gasteiger partial charge in [0.2, 0.25) is 0 Å². The summed E-state index contributed by atoms with van der Waals surface area (Å²) in [6.45, 7) is 0.826. The van der Waals surface area contributed by atoms with Crippen LogP contribution in [0.3, 0.4) is 0 Å². The van der Waals surface area contributed by atoms with Gasteiger partial charge in [-0.05, 0) is 41.5 Å². The van der Waals surface area contributed by atoms with Crippen LogP contribution in [0.1, 0.15) is 5.56 Å². The number of hydrogen-bond acceptors (Lipinski definition) is 2. The van der Waals surface area contributed by atoms with E-state index in [2.05, 4.69) is 33.0 Å². The lowest BCUT2D eigenvalue weighted by Crippen LogP contribution is -2.11. The molecule has 3 rings (SSSR count). The first-order valence-electron chi connectivity index (χ1n) is 7.38. The van der Waals surface area contributed by atoms with Gasteiger partial charge < -0.3 is 4.90 Å². The molecular formula is C20H16BrNO. The van der Waals surface area contributed by atoms with Gasteiger partial charge >= 0.3 is 0 Å². The summed E-state index contributed by atoms with van der Waals surface area (Å²) in [6.07, 6.45) is 19.0. The third kappa shape index (κ3) is 4.30. The minimum atomic E-state index is 0.0457. The number of nitrogens with zero attached hydrogens (tertiary/aromatic N) is 1. The molecule has 0 N–H and O–H groups in total. The summed E-state index contributed by atoms with van der Waals surface area (Å²) in [5.41, 5.74) is 3.02. The molecule has 0 fully saturated rings. The molecule has 0 spiro atoms.